The first-order valence-corrected chi connectivity index (χ1v) is 11.8. The van der Waals surface area contributed by atoms with Crippen LogP contribution in [0.2, 0.25) is 0 Å². The molecule has 0 aliphatic carbocycles. The van der Waals surface area contributed by atoms with Gasteiger partial charge in [-0.15, -0.1) is 11.6 Å². The van der Waals surface area contributed by atoms with Crippen LogP contribution in [0.5, 0.6) is 5.75 Å². The first-order chi connectivity index (χ1) is 15.7. The minimum absolute atomic E-state index is 0.0295. The normalized spacial score (nSPS) is 11.0. The van der Waals surface area contributed by atoms with Gasteiger partial charge in [0.1, 0.15) is 5.75 Å². The van der Waals surface area contributed by atoms with Crippen LogP contribution in [0.25, 0.3) is 0 Å². The molecule has 0 spiro atoms. The maximum atomic E-state index is 12.8. The quantitative estimate of drug-likeness (QED) is 0.164. The lowest BCUT2D eigenvalue weighted by atomic mass is 10.0. The van der Waals surface area contributed by atoms with Crippen LogP contribution >= 0.6 is 11.6 Å². The molecule has 0 amide bonds. The van der Waals surface area contributed by atoms with E-state index in [9.17, 15) is 4.79 Å². The Labute approximate surface area is 197 Å². The Bertz CT molecular complexity index is 939. The number of alkyl halides is 1. The number of benzene rings is 3. The average molecular weight is 450 g/mol. The van der Waals surface area contributed by atoms with Gasteiger partial charge in [0.25, 0.3) is 0 Å². The van der Waals surface area contributed by atoms with Crippen LogP contribution in [0.3, 0.4) is 0 Å². The molecule has 3 rings (SSSR count). The molecule has 0 saturated carbocycles. The lowest BCUT2D eigenvalue weighted by Crippen LogP contribution is -2.17. The van der Waals surface area contributed by atoms with E-state index >= 15 is 0 Å². The van der Waals surface area contributed by atoms with E-state index in [0.717, 1.165) is 50.4 Å². The van der Waals surface area contributed by atoms with Crippen LogP contribution in [0.1, 0.15) is 52.7 Å². The van der Waals surface area contributed by atoms with Gasteiger partial charge in [-0.1, -0.05) is 67.4 Å². The fourth-order valence-corrected chi connectivity index (χ4v) is 3.82. The third kappa shape index (κ3) is 7.81. The standard InChI is InChI=1S/C28H32ClNO2/c1-30(21-23-9-5-4-6-10-23)22-24-11-13-25(14-12-24)28(31)26-15-17-27(18-16-26)32-20-8-3-2-7-19-29/h4-6,9-18H,2-3,7-8,19-22H2,1H3. The van der Waals surface area contributed by atoms with Crippen LogP contribution in [0.4, 0.5) is 0 Å². The molecule has 0 saturated heterocycles. The van der Waals surface area contributed by atoms with Crippen LogP contribution < -0.4 is 4.74 Å². The fraction of sp³-hybridized carbons (Fsp3) is 0.321. The summed E-state index contributed by atoms with van der Waals surface area (Å²) in [7, 11) is 2.11. The minimum atomic E-state index is 0.0295. The molecule has 0 heterocycles. The van der Waals surface area contributed by atoms with Crippen molar-refractivity contribution in [1.82, 2.24) is 4.90 Å². The molecule has 0 aliphatic heterocycles. The number of nitrogens with zero attached hydrogens (tertiary/aromatic N) is 1. The largest absolute Gasteiger partial charge is 0.494 e. The van der Waals surface area contributed by atoms with E-state index in [1.165, 1.54) is 11.1 Å². The molecule has 4 heteroatoms. The summed E-state index contributed by atoms with van der Waals surface area (Å²) in [5, 5.41) is 0. The smallest absolute Gasteiger partial charge is 0.193 e. The lowest BCUT2D eigenvalue weighted by Gasteiger charge is -2.17. The van der Waals surface area contributed by atoms with Crippen molar-refractivity contribution in [1.29, 1.82) is 0 Å². The highest BCUT2D eigenvalue weighted by Crippen LogP contribution is 2.17. The van der Waals surface area contributed by atoms with Crippen LogP contribution in [-0.4, -0.2) is 30.2 Å². The number of carbonyl (C=O) groups excluding carboxylic acids is 1. The zero-order valence-electron chi connectivity index (χ0n) is 18.8. The molecule has 0 aliphatic rings. The third-order valence-corrected chi connectivity index (χ3v) is 5.64. The summed E-state index contributed by atoms with van der Waals surface area (Å²) in [5.74, 6) is 1.56. The number of hydrogen-bond donors (Lipinski definition) is 0. The molecule has 3 nitrogen and oxygen atoms in total. The molecule has 0 aromatic heterocycles. The van der Waals surface area contributed by atoms with E-state index < -0.39 is 0 Å². The van der Waals surface area contributed by atoms with E-state index in [1.807, 2.05) is 54.6 Å². The molecule has 32 heavy (non-hydrogen) atoms. The summed E-state index contributed by atoms with van der Waals surface area (Å²) in [6.07, 6.45) is 4.35. The second-order valence-corrected chi connectivity index (χ2v) is 8.54. The van der Waals surface area contributed by atoms with Crippen molar-refractivity contribution in [2.75, 3.05) is 19.5 Å². The maximum Gasteiger partial charge on any atom is 0.193 e. The molecular weight excluding hydrogens is 418 g/mol. The number of rotatable bonds is 13. The van der Waals surface area contributed by atoms with Crippen LogP contribution in [-0.2, 0) is 13.1 Å². The van der Waals surface area contributed by atoms with Crippen molar-refractivity contribution in [2.45, 2.75) is 38.8 Å². The zero-order chi connectivity index (χ0) is 22.6. The fourth-order valence-electron chi connectivity index (χ4n) is 3.63. The highest BCUT2D eigenvalue weighted by Gasteiger charge is 2.10. The summed E-state index contributed by atoms with van der Waals surface area (Å²) in [5.41, 5.74) is 3.86. The van der Waals surface area contributed by atoms with Crippen molar-refractivity contribution in [3.63, 3.8) is 0 Å². The molecule has 0 unspecified atom stereocenters. The molecule has 168 valence electrons. The van der Waals surface area contributed by atoms with Gasteiger partial charge < -0.3 is 4.74 Å². The molecule has 0 N–H and O–H groups in total. The number of unbranched alkanes of at least 4 members (excludes halogenated alkanes) is 3. The van der Waals surface area contributed by atoms with E-state index in [1.54, 1.807) is 0 Å². The van der Waals surface area contributed by atoms with Crippen molar-refractivity contribution >= 4 is 17.4 Å². The van der Waals surface area contributed by atoms with E-state index in [4.69, 9.17) is 16.3 Å². The Balaban J connectivity index is 1.48. The van der Waals surface area contributed by atoms with Crippen LogP contribution in [0, 0.1) is 0 Å². The highest BCUT2D eigenvalue weighted by atomic mass is 35.5. The number of ether oxygens (including phenoxy) is 1. The molecule has 0 radical (unpaired) electrons. The summed E-state index contributed by atoms with van der Waals surface area (Å²) >= 11 is 5.69. The number of hydrogen-bond acceptors (Lipinski definition) is 3. The Morgan fingerprint density at radius 3 is 1.94 bits per heavy atom. The Kier molecular flexibility index (Phi) is 9.80. The molecular formula is C28H32ClNO2. The Hall–Kier alpha value is -2.62. The molecule has 0 fully saturated rings. The summed E-state index contributed by atoms with van der Waals surface area (Å²) in [6.45, 7) is 2.42. The van der Waals surface area contributed by atoms with Crippen molar-refractivity contribution in [3.05, 3.63) is 101 Å². The van der Waals surface area contributed by atoms with E-state index in [0.29, 0.717) is 17.7 Å². The maximum absolute atomic E-state index is 12.8. The van der Waals surface area contributed by atoms with Gasteiger partial charge in [0, 0.05) is 30.1 Å². The minimum Gasteiger partial charge on any atom is -0.494 e. The van der Waals surface area contributed by atoms with Gasteiger partial charge in [0.15, 0.2) is 5.78 Å². The monoisotopic (exact) mass is 449 g/mol. The number of ketones is 1. The van der Waals surface area contributed by atoms with E-state index in [-0.39, 0.29) is 5.78 Å². The second-order valence-electron chi connectivity index (χ2n) is 8.16. The first-order valence-electron chi connectivity index (χ1n) is 11.3. The molecule has 0 atom stereocenters. The zero-order valence-corrected chi connectivity index (χ0v) is 19.6. The topological polar surface area (TPSA) is 29.5 Å². The van der Waals surface area contributed by atoms with Gasteiger partial charge in [-0.05, 0) is 55.3 Å². The predicted octanol–water partition coefficient (Wildman–Crippen LogP) is 6.73. The van der Waals surface area contributed by atoms with Crippen molar-refractivity contribution < 1.29 is 9.53 Å². The summed E-state index contributed by atoms with van der Waals surface area (Å²) in [6, 6.07) is 25.8. The molecule has 3 aromatic carbocycles. The highest BCUT2D eigenvalue weighted by molar-refractivity contribution is 6.17. The van der Waals surface area contributed by atoms with Gasteiger partial charge in [-0.3, -0.25) is 9.69 Å². The predicted molar refractivity (Wildman–Crippen MR) is 133 cm³/mol. The summed E-state index contributed by atoms with van der Waals surface area (Å²) in [4.78, 5) is 15.1. The van der Waals surface area contributed by atoms with Gasteiger partial charge in [-0.2, -0.15) is 0 Å². The third-order valence-electron chi connectivity index (χ3n) is 5.38. The lowest BCUT2D eigenvalue weighted by molar-refractivity contribution is 0.103. The van der Waals surface area contributed by atoms with E-state index in [2.05, 4.69) is 36.2 Å². The van der Waals surface area contributed by atoms with Gasteiger partial charge >= 0.3 is 0 Å². The SMILES string of the molecule is CN(Cc1ccccc1)Cc1ccc(C(=O)c2ccc(OCCCCCCCl)cc2)cc1. The molecule has 0 bridgehead atoms. The van der Waals surface area contributed by atoms with Gasteiger partial charge in [0.05, 0.1) is 6.61 Å². The Morgan fingerprint density at radius 1 is 0.750 bits per heavy atom. The van der Waals surface area contributed by atoms with Crippen LogP contribution in [0.15, 0.2) is 78.9 Å². The van der Waals surface area contributed by atoms with Crippen molar-refractivity contribution in [2.24, 2.45) is 0 Å². The van der Waals surface area contributed by atoms with Gasteiger partial charge in [0.2, 0.25) is 0 Å². The molecule has 3 aromatic rings. The summed E-state index contributed by atoms with van der Waals surface area (Å²) < 4.78 is 5.77. The van der Waals surface area contributed by atoms with Gasteiger partial charge in [-0.25, -0.2) is 0 Å². The Morgan fingerprint density at radius 2 is 1.31 bits per heavy atom. The van der Waals surface area contributed by atoms with Crippen molar-refractivity contribution in [3.8, 4) is 5.75 Å². The average Bonchev–Trinajstić information content (AvgIpc) is 2.82. The number of carbonyl (C=O) groups is 1. The number of halogens is 1. The second kappa shape index (κ2) is 13.0. The first kappa shape index (κ1) is 24.0.